The fourth-order valence-corrected chi connectivity index (χ4v) is 3.81. The van der Waals surface area contributed by atoms with E-state index in [1.807, 2.05) is 0 Å². The number of aromatic nitrogens is 4. The number of carbonyl (C=O) groups excluding carboxylic acids is 1. The Labute approximate surface area is 139 Å². The Balaban J connectivity index is 1.42. The summed E-state index contributed by atoms with van der Waals surface area (Å²) in [5.41, 5.74) is 1.27. The van der Waals surface area contributed by atoms with Crippen LogP contribution in [0.3, 0.4) is 0 Å². The highest BCUT2D eigenvalue weighted by Gasteiger charge is 2.15. The minimum atomic E-state index is -0.255. The van der Waals surface area contributed by atoms with E-state index in [9.17, 15) is 4.79 Å². The molecule has 0 saturated carbocycles. The van der Waals surface area contributed by atoms with Gasteiger partial charge in [0.15, 0.2) is 5.82 Å². The molecule has 2 aromatic heterocycles. The SMILES string of the molecule is CCCn1cc(NC(=O)NCCc2nc3c(s2)CCCC3)nn1. The molecular weight excluding hydrogens is 312 g/mol. The normalized spacial score (nSPS) is 13.6. The zero-order valence-electron chi connectivity index (χ0n) is 13.3. The summed E-state index contributed by atoms with van der Waals surface area (Å²) in [6.45, 7) is 3.43. The standard InChI is InChI=1S/C15H22N6OS/c1-2-9-21-10-13(19-20-21)18-15(22)16-8-7-14-17-11-5-3-4-6-12(11)23-14/h10H,2-9H2,1H3,(H2,16,18,22). The molecule has 23 heavy (non-hydrogen) atoms. The van der Waals surface area contributed by atoms with Crippen LogP contribution in [-0.2, 0) is 25.8 Å². The van der Waals surface area contributed by atoms with E-state index in [2.05, 4.69) is 32.9 Å². The van der Waals surface area contributed by atoms with Gasteiger partial charge in [-0.25, -0.2) is 9.78 Å². The zero-order valence-corrected chi connectivity index (χ0v) is 14.2. The molecule has 2 aromatic rings. The van der Waals surface area contributed by atoms with E-state index in [0.717, 1.165) is 37.2 Å². The summed E-state index contributed by atoms with van der Waals surface area (Å²) in [6.07, 6.45) is 8.27. The van der Waals surface area contributed by atoms with E-state index in [1.54, 1.807) is 22.2 Å². The molecule has 0 saturated heterocycles. The Morgan fingerprint density at radius 2 is 2.26 bits per heavy atom. The smallest absolute Gasteiger partial charge is 0.320 e. The lowest BCUT2D eigenvalue weighted by molar-refractivity contribution is 0.252. The average molecular weight is 334 g/mol. The molecule has 0 atom stereocenters. The number of thiazole rings is 1. The molecule has 0 aromatic carbocycles. The van der Waals surface area contributed by atoms with Crippen LogP contribution in [0.2, 0.25) is 0 Å². The summed E-state index contributed by atoms with van der Waals surface area (Å²) in [4.78, 5) is 18.0. The van der Waals surface area contributed by atoms with Gasteiger partial charge in [-0.3, -0.25) is 10.00 Å². The molecule has 0 spiro atoms. The van der Waals surface area contributed by atoms with Gasteiger partial charge in [-0.15, -0.1) is 16.4 Å². The maximum Gasteiger partial charge on any atom is 0.320 e. The van der Waals surface area contributed by atoms with Crippen molar-refractivity contribution in [3.63, 3.8) is 0 Å². The van der Waals surface area contributed by atoms with Gasteiger partial charge in [-0.2, -0.15) is 0 Å². The third-order valence-electron chi connectivity index (χ3n) is 3.75. The maximum atomic E-state index is 11.8. The fraction of sp³-hybridized carbons (Fsp3) is 0.600. The van der Waals surface area contributed by atoms with Gasteiger partial charge in [-0.05, 0) is 32.1 Å². The Morgan fingerprint density at radius 1 is 1.39 bits per heavy atom. The number of hydrogen-bond acceptors (Lipinski definition) is 5. The van der Waals surface area contributed by atoms with Crippen molar-refractivity contribution in [3.05, 3.63) is 21.8 Å². The molecule has 0 bridgehead atoms. The molecule has 7 nitrogen and oxygen atoms in total. The molecular formula is C15H22N6OS. The van der Waals surface area contributed by atoms with Crippen molar-refractivity contribution in [2.45, 2.75) is 52.0 Å². The second kappa shape index (κ2) is 7.54. The number of urea groups is 1. The van der Waals surface area contributed by atoms with Gasteiger partial charge in [0.25, 0.3) is 0 Å². The number of anilines is 1. The molecule has 8 heteroatoms. The molecule has 2 amide bonds. The van der Waals surface area contributed by atoms with E-state index in [1.165, 1.54) is 23.4 Å². The van der Waals surface area contributed by atoms with Crippen molar-refractivity contribution >= 4 is 23.2 Å². The van der Waals surface area contributed by atoms with Gasteiger partial charge in [0, 0.05) is 24.4 Å². The Morgan fingerprint density at radius 3 is 3.09 bits per heavy atom. The molecule has 0 aliphatic heterocycles. The highest BCUT2D eigenvalue weighted by Crippen LogP contribution is 2.26. The highest BCUT2D eigenvalue weighted by atomic mass is 32.1. The first-order valence-corrected chi connectivity index (χ1v) is 8.98. The number of aryl methyl sites for hydroxylation is 3. The molecule has 124 valence electrons. The van der Waals surface area contributed by atoms with Crippen LogP contribution in [0.5, 0.6) is 0 Å². The monoisotopic (exact) mass is 334 g/mol. The van der Waals surface area contributed by atoms with Crippen LogP contribution >= 0.6 is 11.3 Å². The highest BCUT2D eigenvalue weighted by molar-refractivity contribution is 7.11. The first-order chi connectivity index (χ1) is 11.2. The first kappa shape index (κ1) is 15.9. The molecule has 0 radical (unpaired) electrons. The summed E-state index contributed by atoms with van der Waals surface area (Å²) >= 11 is 1.79. The lowest BCUT2D eigenvalue weighted by atomic mass is 10.0. The predicted molar refractivity (Wildman–Crippen MR) is 89.8 cm³/mol. The zero-order chi connectivity index (χ0) is 16.1. The van der Waals surface area contributed by atoms with Crippen molar-refractivity contribution in [3.8, 4) is 0 Å². The van der Waals surface area contributed by atoms with E-state index in [-0.39, 0.29) is 6.03 Å². The maximum absolute atomic E-state index is 11.8. The van der Waals surface area contributed by atoms with E-state index < -0.39 is 0 Å². The summed E-state index contributed by atoms with van der Waals surface area (Å²) in [6, 6.07) is -0.255. The first-order valence-electron chi connectivity index (χ1n) is 8.17. The van der Waals surface area contributed by atoms with Crippen LogP contribution < -0.4 is 10.6 Å². The Kier molecular flexibility index (Phi) is 5.22. The van der Waals surface area contributed by atoms with E-state index >= 15 is 0 Å². The van der Waals surface area contributed by atoms with Crippen molar-refractivity contribution in [1.29, 1.82) is 0 Å². The third kappa shape index (κ3) is 4.28. The molecule has 3 rings (SSSR count). The second-order valence-corrected chi connectivity index (χ2v) is 6.85. The van der Waals surface area contributed by atoms with Crippen LogP contribution in [0.15, 0.2) is 6.20 Å². The molecule has 0 fully saturated rings. The second-order valence-electron chi connectivity index (χ2n) is 5.68. The van der Waals surface area contributed by atoms with Crippen molar-refractivity contribution in [2.24, 2.45) is 0 Å². The predicted octanol–water partition coefficient (Wildman–Crippen LogP) is 2.39. The molecule has 2 heterocycles. The van der Waals surface area contributed by atoms with Crippen LogP contribution in [-0.4, -0.2) is 32.6 Å². The van der Waals surface area contributed by atoms with Gasteiger partial charge in [0.1, 0.15) is 0 Å². The van der Waals surface area contributed by atoms with Crippen LogP contribution in [0.1, 0.15) is 41.8 Å². The van der Waals surface area contributed by atoms with Crippen molar-refractivity contribution < 1.29 is 4.79 Å². The number of rotatable bonds is 6. The molecule has 1 aliphatic rings. The number of fused-ring (bicyclic) bond motifs is 1. The lowest BCUT2D eigenvalue weighted by Crippen LogP contribution is -2.30. The summed E-state index contributed by atoms with van der Waals surface area (Å²) in [5, 5.41) is 14.5. The van der Waals surface area contributed by atoms with Crippen LogP contribution in [0.4, 0.5) is 10.6 Å². The summed E-state index contributed by atoms with van der Waals surface area (Å²) < 4.78 is 1.72. The number of carbonyl (C=O) groups is 1. The molecule has 1 aliphatic carbocycles. The van der Waals surface area contributed by atoms with E-state index in [0.29, 0.717) is 12.4 Å². The Bertz CT molecular complexity index is 641. The number of hydrogen-bond donors (Lipinski definition) is 2. The summed E-state index contributed by atoms with van der Waals surface area (Å²) in [7, 11) is 0. The topological polar surface area (TPSA) is 84.7 Å². The summed E-state index contributed by atoms with van der Waals surface area (Å²) in [5.74, 6) is 0.473. The number of amides is 2. The number of nitrogens with zero attached hydrogens (tertiary/aromatic N) is 4. The van der Waals surface area contributed by atoms with Gasteiger partial charge in [0.2, 0.25) is 0 Å². The van der Waals surface area contributed by atoms with Crippen LogP contribution in [0, 0.1) is 0 Å². The largest absolute Gasteiger partial charge is 0.337 e. The van der Waals surface area contributed by atoms with Crippen LogP contribution in [0.25, 0.3) is 0 Å². The minimum Gasteiger partial charge on any atom is -0.337 e. The molecule has 0 unspecified atom stereocenters. The average Bonchev–Trinajstić information content (AvgIpc) is 3.14. The number of nitrogens with one attached hydrogen (secondary N) is 2. The fourth-order valence-electron chi connectivity index (χ4n) is 2.65. The minimum absolute atomic E-state index is 0.255. The quantitative estimate of drug-likeness (QED) is 0.849. The Hall–Kier alpha value is -1.96. The van der Waals surface area contributed by atoms with Gasteiger partial charge in [-0.1, -0.05) is 12.1 Å². The van der Waals surface area contributed by atoms with Crippen molar-refractivity contribution in [1.82, 2.24) is 25.3 Å². The van der Waals surface area contributed by atoms with Gasteiger partial charge < -0.3 is 5.32 Å². The van der Waals surface area contributed by atoms with E-state index in [4.69, 9.17) is 0 Å². The molecule has 2 N–H and O–H groups in total. The van der Waals surface area contributed by atoms with Gasteiger partial charge in [0.05, 0.1) is 16.9 Å². The lowest BCUT2D eigenvalue weighted by Gasteiger charge is -2.06. The van der Waals surface area contributed by atoms with Gasteiger partial charge >= 0.3 is 6.03 Å². The van der Waals surface area contributed by atoms with Crippen molar-refractivity contribution in [2.75, 3.05) is 11.9 Å². The third-order valence-corrected chi connectivity index (χ3v) is 4.96.